The molecule has 30 heavy (non-hydrogen) atoms. The van der Waals surface area contributed by atoms with Gasteiger partial charge >= 0.3 is 0 Å². The Labute approximate surface area is 186 Å². The van der Waals surface area contributed by atoms with Crippen LogP contribution in [0, 0.1) is 11.8 Å². The van der Waals surface area contributed by atoms with Crippen molar-refractivity contribution in [3.05, 3.63) is 18.0 Å². The van der Waals surface area contributed by atoms with E-state index in [1.165, 1.54) is 12.8 Å². The van der Waals surface area contributed by atoms with Gasteiger partial charge in [-0.05, 0) is 97.5 Å². The number of hydrogen-bond donors (Lipinski definition) is 0. The Morgan fingerprint density at radius 1 is 0.767 bits per heavy atom. The molecule has 1 heterocycles. The number of likely N-dealkylation sites (N-methyl/N-ethyl adjacent to an activating group) is 1. The molecule has 0 N–H and O–H groups in total. The molecule has 0 saturated heterocycles. The highest BCUT2D eigenvalue weighted by atomic mass is 15.3. The Morgan fingerprint density at radius 2 is 1.30 bits per heavy atom. The van der Waals surface area contributed by atoms with E-state index in [9.17, 15) is 0 Å². The maximum absolute atomic E-state index is 4.46. The van der Waals surface area contributed by atoms with Crippen LogP contribution in [0.1, 0.15) is 71.4 Å². The highest BCUT2D eigenvalue weighted by molar-refractivity contribution is 5.09. The van der Waals surface area contributed by atoms with Gasteiger partial charge in [-0.15, -0.1) is 10.2 Å². The lowest BCUT2D eigenvalue weighted by molar-refractivity contribution is 0.116. The average Bonchev–Trinajstić information content (AvgIpc) is 2.68. The molecule has 6 unspecified atom stereocenters. The largest absolute Gasteiger partial charge is 0.306 e. The van der Waals surface area contributed by atoms with E-state index in [1.54, 1.807) is 6.20 Å². The third kappa shape index (κ3) is 7.54. The molecule has 174 valence electrons. The first-order chi connectivity index (χ1) is 14.2. The molecule has 1 rings (SSSR count). The molecule has 0 saturated carbocycles. The zero-order chi connectivity index (χ0) is 22.8. The normalized spacial score (nSPS) is 18.4. The predicted molar refractivity (Wildman–Crippen MR) is 128 cm³/mol. The van der Waals surface area contributed by atoms with Crippen LogP contribution < -0.4 is 0 Å². The second-order valence-electron chi connectivity index (χ2n) is 9.68. The van der Waals surface area contributed by atoms with Crippen LogP contribution in [-0.4, -0.2) is 90.5 Å². The van der Waals surface area contributed by atoms with Crippen molar-refractivity contribution in [1.29, 1.82) is 0 Å². The smallest absolute Gasteiger partial charge is 0.0711 e. The minimum absolute atomic E-state index is 0.353. The summed E-state index contributed by atoms with van der Waals surface area (Å²) in [5.41, 5.74) is 1.08. The van der Waals surface area contributed by atoms with Gasteiger partial charge in [0, 0.05) is 24.0 Å². The number of aromatic nitrogens is 3. The molecular weight excluding hydrogens is 372 g/mol. The van der Waals surface area contributed by atoms with Crippen molar-refractivity contribution < 1.29 is 0 Å². The lowest BCUT2D eigenvalue weighted by atomic mass is 9.75. The highest BCUT2D eigenvalue weighted by Gasteiger charge is 2.34. The molecule has 0 bridgehead atoms. The maximum atomic E-state index is 4.46. The van der Waals surface area contributed by atoms with E-state index >= 15 is 0 Å². The summed E-state index contributed by atoms with van der Waals surface area (Å²) in [5.74, 6) is 1.60. The summed E-state index contributed by atoms with van der Waals surface area (Å²) >= 11 is 0. The molecule has 0 aliphatic rings. The van der Waals surface area contributed by atoms with Crippen molar-refractivity contribution in [3.63, 3.8) is 0 Å². The Balaban J connectivity index is 3.27. The Morgan fingerprint density at radius 3 is 1.70 bits per heavy atom. The summed E-state index contributed by atoms with van der Waals surface area (Å²) in [6, 6.07) is 3.68. The van der Waals surface area contributed by atoms with Crippen molar-refractivity contribution in [3.8, 4) is 0 Å². The Kier molecular flexibility index (Phi) is 12.0. The lowest BCUT2D eigenvalue weighted by Gasteiger charge is -2.40. The summed E-state index contributed by atoms with van der Waals surface area (Å²) in [5, 5.41) is 12.4. The van der Waals surface area contributed by atoms with Gasteiger partial charge in [0.2, 0.25) is 0 Å². The van der Waals surface area contributed by atoms with E-state index in [2.05, 4.69) is 106 Å². The third-order valence-electron chi connectivity index (χ3n) is 7.05. The van der Waals surface area contributed by atoms with Gasteiger partial charge < -0.3 is 14.7 Å². The fraction of sp³-hybridized carbons (Fsp3) is 0.875. The van der Waals surface area contributed by atoms with Gasteiger partial charge in [0.25, 0.3) is 0 Å². The molecule has 6 heteroatoms. The third-order valence-corrected chi connectivity index (χ3v) is 7.05. The molecule has 6 nitrogen and oxygen atoms in total. The average molecular weight is 421 g/mol. The molecule has 1 aromatic rings. The molecule has 0 aliphatic carbocycles. The SMILES string of the molecule is CCC(C(C)CC(CC(c1ccnnn1)C(CC)N(C)C)C(CC)N(C)C)N(C)C. The summed E-state index contributed by atoms with van der Waals surface area (Å²) in [6.45, 7) is 9.37. The summed E-state index contributed by atoms with van der Waals surface area (Å²) in [6.07, 6.45) is 7.59. The van der Waals surface area contributed by atoms with Crippen molar-refractivity contribution in [2.24, 2.45) is 11.8 Å². The van der Waals surface area contributed by atoms with E-state index in [4.69, 9.17) is 0 Å². The maximum Gasteiger partial charge on any atom is 0.0711 e. The molecule has 0 spiro atoms. The monoisotopic (exact) mass is 420 g/mol. The van der Waals surface area contributed by atoms with E-state index in [1.807, 2.05) is 0 Å². The highest BCUT2D eigenvalue weighted by Crippen LogP contribution is 2.36. The fourth-order valence-electron chi connectivity index (χ4n) is 5.70. The van der Waals surface area contributed by atoms with Gasteiger partial charge in [-0.25, -0.2) is 0 Å². The predicted octanol–water partition coefficient (Wildman–Crippen LogP) is 4.01. The van der Waals surface area contributed by atoms with Crippen LogP contribution in [0.4, 0.5) is 0 Å². The molecule has 0 amide bonds. The molecule has 1 aromatic heterocycles. The molecule has 6 atom stereocenters. The minimum atomic E-state index is 0.353. The number of hydrogen-bond acceptors (Lipinski definition) is 6. The second kappa shape index (κ2) is 13.3. The van der Waals surface area contributed by atoms with Crippen molar-refractivity contribution in [2.45, 2.75) is 83.8 Å². The van der Waals surface area contributed by atoms with Crippen LogP contribution in [0.15, 0.2) is 12.3 Å². The van der Waals surface area contributed by atoms with Gasteiger partial charge in [-0.3, -0.25) is 0 Å². The molecular formula is C24H48N6. The van der Waals surface area contributed by atoms with Crippen molar-refractivity contribution >= 4 is 0 Å². The fourth-order valence-corrected chi connectivity index (χ4v) is 5.70. The van der Waals surface area contributed by atoms with Gasteiger partial charge in [0.15, 0.2) is 0 Å². The minimum Gasteiger partial charge on any atom is -0.306 e. The first-order valence-corrected chi connectivity index (χ1v) is 11.8. The Hall–Kier alpha value is -1.11. The first-order valence-electron chi connectivity index (χ1n) is 11.8. The quantitative estimate of drug-likeness (QED) is 0.453. The Bertz CT molecular complexity index is 562. The van der Waals surface area contributed by atoms with Crippen LogP contribution in [0.3, 0.4) is 0 Å². The van der Waals surface area contributed by atoms with Crippen LogP contribution >= 0.6 is 0 Å². The molecule has 0 aromatic carbocycles. The number of rotatable bonds is 14. The summed E-state index contributed by atoms with van der Waals surface area (Å²) in [4.78, 5) is 7.19. The van der Waals surface area contributed by atoms with Crippen LogP contribution in [0.25, 0.3) is 0 Å². The molecule has 0 fully saturated rings. The van der Waals surface area contributed by atoms with E-state index in [0.29, 0.717) is 35.9 Å². The zero-order valence-electron chi connectivity index (χ0n) is 21.3. The molecule has 0 radical (unpaired) electrons. The number of nitrogens with zero attached hydrogens (tertiary/aromatic N) is 6. The van der Waals surface area contributed by atoms with Crippen LogP contribution in [0.5, 0.6) is 0 Å². The van der Waals surface area contributed by atoms with E-state index in [-0.39, 0.29) is 0 Å². The van der Waals surface area contributed by atoms with Gasteiger partial charge in [0.1, 0.15) is 0 Å². The first kappa shape index (κ1) is 26.9. The van der Waals surface area contributed by atoms with Gasteiger partial charge in [-0.2, -0.15) is 0 Å². The standard InChI is InChI=1S/C24H48N6/c1-11-22(28(5)6)18(4)16-19(23(12-2)29(7)8)17-20(24(13-3)30(9)10)21-14-15-25-27-26-21/h14-15,18-20,22-24H,11-13,16-17H2,1-10H3. The van der Waals surface area contributed by atoms with Crippen LogP contribution in [0.2, 0.25) is 0 Å². The topological polar surface area (TPSA) is 48.4 Å². The summed E-state index contributed by atoms with van der Waals surface area (Å²) < 4.78 is 0. The van der Waals surface area contributed by atoms with E-state index < -0.39 is 0 Å². The van der Waals surface area contributed by atoms with Crippen molar-refractivity contribution in [1.82, 2.24) is 30.1 Å². The van der Waals surface area contributed by atoms with Gasteiger partial charge in [0.05, 0.1) is 11.9 Å². The second-order valence-corrected chi connectivity index (χ2v) is 9.68. The molecule has 0 aliphatic heterocycles. The summed E-state index contributed by atoms with van der Waals surface area (Å²) in [7, 11) is 13.3. The van der Waals surface area contributed by atoms with Crippen molar-refractivity contribution in [2.75, 3.05) is 42.3 Å². The van der Waals surface area contributed by atoms with Crippen LogP contribution in [-0.2, 0) is 0 Å². The zero-order valence-corrected chi connectivity index (χ0v) is 21.3. The lowest BCUT2D eigenvalue weighted by Crippen LogP contribution is -2.42. The van der Waals surface area contributed by atoms with E-state index in [0.717, 1.165) is 25.0 Å². The van der Waals surface area contributed by atoms with Gasteiger partial charge in [-0.1, -0.05) is 27.7 Å².